The lowest BCUT2D eigenvalue weighted by atomic mass is 9.91. The Morgan fingerprint density at radius 1 is 0.690 bits per heavy atom. The van der Waals surface area contributed by atoms with Gasteiger partial charge < -0.3 is 4.90 Å². The maximum atomic E-state index is 6.09. The number of nitrogens with zero attached hydrogens (tertiary/aromatic N) is 2. The Labute approximate surface area is 192 Å². The minimum Gasteiger partial charge on any atom is -0.356 e. The molecule has 0 heterocycles. The van der Waals surface area contributed by atoms with Crippen LogP contribution in [0.2, 0.25) is 0 Å². The van der Waals surface area contributed by atoms with Crippen molar-refractivity contribution in [3.63, 3.8) is 0 Å². The Bertz CT molecular complexity index is 387. The molecule has 0 radical (unpaired) electrons. The molecule has 2 aliphatic carbocycles. The van der Waals surface area contributed by atoms with Crippen molar-refractivity contribution in [2.75, 3.05) is 13.1 Å². The Morgan fingerprint density at radius 2 is 1.14 bits per heavy atom. The lowest BCUT2D eigenvalue weighted by Gasteiger charge is -2.41. The predicted molar refractivity (Wildman–Crippen MR) is 136 cm³/mol. The van der Waals surface area contributed by atoms with Crippen molar-refractivity contribution < 1.29 is 0 Å². The molecule has 2 aliphatic rings. The van der Waals surface area contributed by atoms with Gasteiger partial charge in [-0.3, -0.25) is 0 Å². The molecule has 0 aromatic heterocycles. The van der Waals surface area contributed by atoms with Gasteiger partial charge in [0.05, 0.1) is 0 Å². The van der Waals surface area contributed by atoms with Gasteiger partial charge in [0, 0.05) is 25.2 Å². The van der Waals surface area contributed by atoms with Gasteiger partial charge in [-0.25, -0.2) is 4.31 Å². The van der Waals surface area contributed by atoms with Crippen molar-refractivity contribution in [2.45, 2.75) is 142 Å². The molecule has 0 saturated heterocycles. The fourth-order valence-electron chi connectivity index (χ4n) is 5.02. The van der Waals surface area contributed by atoms with Crippen molar-refractivity contribution in [1.82, 2.24) is 9.21 Å². The summed E-state index contributed by atoms with van der Waals surface area (Å²) in [4.78, 5) is 2.57. The van der Waals surface area contributed by atoms with E-state index in [9.17, 15) is 0 Å². The number of hydrogen-bond donors (Lipinski definition) is 0. The fraction of sp³-hybridized carbons (Fsp3) is 0.960. The number of unbranched alkanes of at least 4 members (excludes halogenated alkanes) is 6. The quantitative estimate of drug-likeness (QED) is 0.161. The van der Waals surface area contributed by atoms with Crippen LogP contribution >= 0.6 is 24.2 Å². The highest BCUT2D eigenvalue weighted by molar-refractivity contribution is 8.21. The molecule has 0 amide bonds. The average Bonchev–Trinajstić information content (AvgIpc) is 2.77. The number of thiocarbonyl (C=S) groups is 1. The van der Waals surface area contributed by atoms with E-state index in [1.54, 1.807) is 0 Å². The van der Waals surface area contributed by atoms with Crippen molar-refractivity contribution in [1.29, 1.82) is 0 Å². The maximum Gasteiger partial charge on any atom is 0.151 e. The smallest absolute Gasteiger partial charge is 0.151 e. The zero-order valence-electron chi connectivity index (χ0n) is 19.5. The van der Waals surface area contributed by atoms with Crippen LogP contribution in [-0.2, 0) is 0 Å². The summed E-state index contributed by atoms with van der Waals surface area (Å²) in [6, 6.07) is 1.52. The molecular formula is C25H48N2S2. The molecule has 170 valence electrons. The summed E-state index contributed by atoms with van der Waals surface area (Å²) >= 11 is 8.08. The first-order valence-corrected chi connectivity index (χ1v) is 14.2. The summed E-state index contributed by atoms with van der Waals surface area (Å²) in [6.45, 7) is 6.94. The Morgan fingerprint density at radius 3 is 1.55 bits per heavy atom. The molecular weight excluding hydrogens is 392 g/mol. The van der Waals surface area contributed by atoms with Gasteiger partial charge in [-0.1, -0.05) is 103 Å². The zero-order valence-corrected chi connectivity index (χ0v) is 21.1. The van der Waals surface area contributed by atoms with E-state index in [-0.39, 0.29) is 0 Å². The third-order valence-electron chi connectivity index (χ3n) is 6.87. The number of hydrogen-bond acceptors (Lipinski definition) is 3. The van der Waals surface area contributed by atoms with E-state index >= 15 is 0 Å². The normalized spacial score (nSPS) is 19.0. The van der Waals surface area contributed by atoms with Crippen molar-refractivity contribution in [2.24, 2.45) is 0 Å². The van der Waals surface area contributed by atoms with Gasteiger partial charge >= 0.3 is 0 Å². The molecule has 2 nitrogen and oxygen atoms in total. The molecule has 0 unspecified atom stereocenters. The minimum absolute atomic E-state index is 0.761. The molecule has 0 bridgehead atoms. The molecule has 2 fully saturated rings. The third kappa shape index (κ3) is 9.91. The van der Waals surface area contributed by atoms with E-state index in [0.717, 1.165) is 12.1 Å². The van der Waals surface area contributed by atoms with E-state index in [4.69, 9.17) is 12.2 Å². The van der Waals surface area contributed by atoms with Gasteiger partial charge in [0.15, 0.2) is 4.32 Å². The first-order chi connectivity index (χ1) is 14.3. The number of rotatable bonds is 13. The topological polar surface area (TPSA) is 6.48 Å². The van der Waals surface area contributed by atoms with Crippen LogP contribution in [0.1, 0.15) is 129 Å². The van der Waals surface area contributed by atoms with Crippen LogP contribution in [0.25, 0.3) is 0 Å². The maximum absolute atomic E-state index is 6.09. The van der Waals surface area contributed by atoms with Crippen LogP contribution in [0.3, 0.4) is 0 Å². The van der Waals surface area contributed by atoms with E-state index < -0.39 is 0 Å². The molecule has 0 atom stereocenters. The van der Waals surface area contributed by atoms with Crippen molar-refractivity contribution in [3.05, 3.63) is 0 Å². The van der Waals surface area contributed by atoms with Crippen molar-refractivity contribution in [3.8, 4) is 0 Å². The van der Waals surface area contributed by atoms with Gasteiger partial charge in [0.1, 0.15) is 0 Å². The van der Waals surface area contributed by atoms with Crippen LogP contribution in [0.15, 0.2) is 0 Å². The van der Waals surface area contributed by atoms with Crippen LogP contribution in [-0.4, -0.2) is 38.7 Å². The van der Waals surface area contributed by atoms with Gasteiger partial charge in [-0.05, 0) is 50.5 Å². The fourth-order valence-corrected chi connectivity index (χ4v) is 6.66. The molecule has 0 aromatic carbocycles. The van der Waals surface area contributed by atoms with E-state index in [1.807, 2.05) is 11.9 Å². The Balaban J connectivity index is 1.95. The first-order valence-electron chi connectivity index (χ1n) is 13.0. The van der Waals surface area contributed by atoms with Gasteiger partial charge in [0.2, 0.25) is 0 Å². The minimum atomic E-state index is 0.761. The van der Waals surface area contributed by atoms with Gasteiger partial charge in [0.25, 0.3) is 0 Å². The lowest BCUT2D eigenvalue weighted by Crippen LogP contribution is -2.43. The summed E-state index contributed by atoms with van der Waals surface area (Å²) in [5.41, 5.74) is 0. The van der Waals surface area contributed by atoms with E-state index in [2.05, 4.69) is 23.1 Å². The monoisotopic (exact) mass is 440 g/mol. The van der Waals surface area contributed by atoms with Crippen LogP contribution in [0.5, 0.6) is 0 Å². The molecule has 0 aromatic rings. The summed E-state index contributed by atoms with van der Waals surface area (Å²) in [5, 5.41) is 0. The van der Waals surface area contributed by atoms with E-state index in [1.165, 1.54) is 133 Å². The highest BCUT2D eigenvalue weighted by Gasteiger charge is 2.31. The second-order valence-corrected chi connectivity index (χ2v) is 11.0. The molecule has 0 N–H and O–H groups in total. The lowest BCUT2D eigenvalue weighted by molar-refractivity contribution is 0.186. The summed E-state index contributed by atoms with van der Waals surface area (Å²) < 4.78 is 3.99. The van der Waals surface area contributed by atoms with Crippen LogP contribution in [0.4, 0.5) is 0 Å². The standard InChI is InChI=1S/C25H48N2S2/c1-3-5-7-15-21-26(22-16-8-6-4-2)25(28)29-27(23-17-11-9-12-18-23)24-19-13-10-14-20-24/h23-24H,3-22H2,1-2H3. The molecule has 2 rings (SSSR count). The second kappa shape index (κ2) is 15.9. The Kier molecular flexibility index (Phi) is 14.0. The second-order valence-electron chi connectivity index (χ2n) is 9.41. The summed E-state index contributed by atoms with van der Waals surface area (Å²) in [7, 11) is 0. The SMILES string of the molecule is CCCCCCN(CCCCCC)C(=S)SN(C1CCCCC1)C1CCCCC1. The first kappa shape index (κ1) is 25.5. The largest absolute Gasteiger partial charge is 0.356 e. The zero-order chi connectivity index (χ0) is 20.7. The van der Waals surface area contributed by atoms with Gasteiger partial charge in [-0.2, -0.15) is 0 Å². The molecule has 0 spiro atoms. The molecule has 0 aliphatic heterocycles. The van der Waals surface area contributed by atoms with Crippen molar-refractivity contribution >= 4 is 28.5 Å². The summed E-state index contributed by atoms with van der Waals surface area (Å²) in [6.07, 6.45) is 24.7. The Hall–Kier alpha value is 0.200. The van der Waals surface area contributed by atoms with Gasteiger partial charge in [-0.15, -0.1) is 0 Å². The molecule has 4 heteroatoms. The van der Waals surface area contributed by atoms with Crippen LogP contribution < -0.4 is 0 Å². The van der Waals surface area contributed by atoms with E-state index in [0.29, 0.717) is 0 Å². The average molecular weight is 441 g/mol. The highest BCUT2D eigenvalue weighted by atomic mass is 32.2. The summed E-state index contributed by atoms with van der Waals surface area (Å²) in [5.74, 6) is 0. The predicted octanol–water partition coefficient (Wildman–Crippen LogP) is 8.35. The van der Waals surface area contributed by atoms with Crippen LogP contribution in [0, 0.1) is 0 Å². The third-order valence-corrected chi connectivity index (χ3v) is 8.58. The molecule has 2 saturated carbocycles. The molecule has 29 heavy (non-hydrogen) atoms. The highest BCUT2D eigenvalue weighted by Crippen LogP contribution is 2.36.